The van der Waals surface area contributed by atoms with Crippen LogP contribution in [0.3, 0.4) is 0 Å². The zero-order valence-electron chi connectivity index (χ0n) is 14.6. The van der Waals surface area contributed by atoms with Crippen molar-refractivity contribution >= 4 is 33.2 Å². The SMILES string of the molecule is Cc1ccc(S(=O)(=O)N(C)CC(=O)Nc2c(C)cc(C)cc2Cl)cc1. The number of carbonyl (C=O) groups is 1. The van der Waals surface area contributed by atoms with Gasteiger partial charge in [-0.05, 0) is 50.1 Å². The molecule has 2 aromatic carbocycles. The van der Waals surface area contributed by atoms with Crippen LogP contribution in [0, 0.1) is 20.8 Å². The molecule has 0 fully saturated rings. The van der Waals surface area contributed by atoms with Gasteiger partial charge in [-0.15, -0.1) is 0 Å². The fourth-order valence-corrected chi connectivity index (χ4v) is 3.93. The van der Waals surface area contributed by atoms with Gasteiger partial charge in [0.1, 0.15) is 0 Å². The molecule has 2 rings (SSSR count). The van der Waals surface area contributed by atoms with Crippen molar-refractivity contribution in [1.82, 2.24) is 4.31 Å². The zero-order valence-corrected chi connectivity index (χ0v) is 16.2. The average Bonchev–Trinajstić information content (AvgIpc) is 2.51. The summed E-state index contributed by atoms with van der Waals surface area (Å²) in [4.78, 5) is 12.4. The maximum Gasteiger partial charge on any atom is 0.243 e. The predicted molar refractivity (Wildman–Crippen MR) is 101 cm³/mol. The smallest absolute Gasteiger partial charge is 0.243 e. The summed E-state index contributed by atoms with van der Waals surface area (Å²) in [6.45, 7) is 5.31. The van der Waals surface area contributed by atoms with Gasteiger partial charge >= 0.3 is 0 Å². The molecule has 7 heteroatoms. The molecule has 0 spiro atoms. The van der Waals surface area contributed by atoms with E-state index in [1.54, 1.807) is 18.2 Å². The van der Waals surface area contributed by atoms with E-state index in [1.165, 1.54) is 19.2 Å². The lowest BCUT2D eigenvalue weighted by Gasteiger charge is -2.18. The first-order valence-electron chi connectivity index (χ1n) is 7.71. The minimum Gasteiger partial charge on any atom is -0.323 e. The third-order valence-corrected chi connectivity index (χ3v) is 5.91. The van der Waals surface area contributed by atoms with Gasteiger partial charge in [-0.1, -0.05) is 35.4 Å². The summed E-state index contributed by atoms with van der Waals surface area (Å²) in [5.74, 6) is -0.452. The maximum atomic E-state index is 12.5. The van der Waals surface area contributed by atoms with Crippen LogP contribution in [0.2, 0.25) is 5.02 Å². The molecule has 0 unspecified atom stereocenters. The topological polar surface area (TPSA) is 66.5 Å². The van der Waals surface area contributed by atoms with Gasteiger partial charge in [0.05, 0.1) is 22.2 Å². The van der Waals surface area contributed by atoms with Gasteiger partial charge in [0.2, 0.25) is 15.9 Å². The number of anilines is 1. The van der Waals surface area contributed by atoms with Crippen molar-refractivity contribution in [3.8, 4) is 0 Å². The number of nitrogens with one attached hydrogen (secondary N) is 1. The first-order chi connectivity index (χ1) is 11.6. The van der Waals surface area contributed by atoms with E-state index in [2.05, 4.69) is 5.32 Å². The number of likely N-dealkylation sites (N-methyl/N-ethyl adjacent to an activating group) is 1. The second-order valence-electron chi connectivity index (χ2n) is 6.06. The molecule has 2 aromatic rings. The van der Waals surface area contributed by atoms with E-state index in [9.17, 15) is 13.2 Å². The quantitative estimate of drug-likeness (QED) is 0.862. The summed E-state index contributed by atoms with van der Waals surface area (Å²) in [5.41, 5.74) is 3.27. The summed E-state index contributed by atoms with van der Waals surface area (Å²) in [7, 11) is -2.36. The third kappa shape index (κ3) is 4.60. The fraction of sp³-hybridized carbons (Fsp3) is 0.278. The van der Waals surface area contributed by atoms with Gasteiger partial charge < -0.3 is 5.32 Å². The fourth-order valence-electron chi connectivity index (χ4n) is 2.43. The molecule has 0 atom stereocenters. The molecule has 25 heavy (non-hydrogen) atoms. The molecular weight excluding hydrogens is 360 g/mol. The van der Waals surface area contributed by atoms with Crippen molar-refractivity contribution in [1.29, 1.82) is 0 Å². The van der Waals surface area contributed by atoms with Crippen molar-refractivity contribution in [2.75, 3.05) is 18.9 Å². The highest BCUT2D eigenvalue weighted by molar-refractivity contribution is 7.89. The number of rotatable bonds is 5. The van der Waals surface area contributed by atoms with E-state index in [0.29, 0.717) is 10.7 Å². The minimum atomic E-state index is -3.73. The van der Waals surface area contributed by atoms with Gasteiger partial charge in [0.15, 0.2) is 0 Å². The lowest BCUT2D eigenvalue weighted by Crippen LogP contribution is -2.35. The Morgan fingerprint density at radius 2 is 1.68 bits per heavy atom. The maximum absolute atomic E-state index is 12.5. The minimum absolute atomic E-state index is 0.151. The van der Waals surface area contributed by atoms with E-state index >= 15 is 0 Å². The van der Waals surface area contributed by atoms with E-state index in [1.807, 2.05) is 26.8 Å². The van der Waals surface area contributed by atoms with Crippen LogP contribution in [0.1, 0.15) is 16.7 Å². The normalized spacial score (nSPS) is 11.6. The van der Waals surface area contributed by atoms with Crippen LogP contribution < -0.4 is 5.32 Å². The number of benzene rings is 2. The second-order valence-corrected chi connectivity index (χ2v) is 8.51. The van der Waals surface area contributed by atoms with Gasteiger partial charge in [-0.3, -0.25) is 4.79 Å². The van der Waals surface area contributed by atoms with E-state index in [0.717, 1.165) is 21.0 Å². The van der Waals surface area contributed by atoms with Crippen molar-refractivity contribution in [2.24, 2.45) is 0 Å². The number of hydrogen-bond donors (Lipinski definition) is 1. The van der Waals surface area contributed by atoms with Gasteiger partial charge in [0, 0.05) is 7.05 Å². The summed E-state index contributed by atoms with van der Waals surface area (Å²) in [6, 6.07) is 10.1. The lowest BCUT2D eigenvalue weighted by atomic mass is 10.1. The highest BCUT2D eigenvalue weighted by Gasteiger charge is 2.23. The summed E-state index contributed by atoms with van der Waals surface area (Å²) in [6.07, 6.45) is 0. The molecule has 0 radical (unpaired) electrons. The standard InChI is InChI=1S/C18H21ClN2O3S/c1-12-5-7-15(8-6-12)25(23,24)21(4)11-17(22)20-18-14(3)9-13(2)10-16(18)19/h5-10H,11H2,1-4H3,(H,20,22). The van der Waals surface area contributed by atoms with Gasteiger partial charge in [0.25, 0.3) is 0 Å². The van der Waals surface area contributed by atoms with Crippen LogP contribution >= 0.6 is 11.6 Å². The van der Waals surface area contributed by atoms with E-state index < -0.39 is 15.9 Å². The summed E-state index contributed by atoms with van der Waals surface area (Å²) in [5, 5.41) is 3.12. The predicted octanol–water partition coefficient (Wildman–Crippen LogP) is 3.52. The number of sulfonamides is 1. The number of aryl methyl sites for hydroxylation is 3. The molecule has 0 aliphatic carbocycles. The monoisotopic (exact) mass is 380 g/mol. The Morgan fingerprint density at radius 1 is 1.08 bits per heavy atom. The van der Waals surface area contributed by atoms with Gasteiger partial charge in [-0.25, -0.2) is 8.42 Å². The van der Waals surface area contributed by atoms with Crippen LogP contribution in [0.4, 0.5) is 5.69 Å². The Balaban J connectivity index is 2.14. The molecule has 0 saturated carbocycles. The molecule has 1 N–H and O–H groups in total. The molecule has 0 aliphatic rings. The molecule has 5 nitrogen and oxygen atoms in total. The molecule has 0 bridgehead atoms. The first-order valence-corrected chi connectivity index (χ1v) is 9.52. The molecule has 0 aromatic heterocycles. The van der Waals surface area contributed by atoms with Crippen molar-refractivity contribution < 1.29 is 13.2 Å². The molecule has 0 heterocycles. The van der Waals surface area contributed by atoms with Gasteiger partial charge in [-0.2, -0.15) is 4.31 Å². The Hall–Kier alpha value is -1.89. The number of hydrogen-bond acceptors (Lipinski definition) is 3. The van der Waals surface area contributed by atoms with Crippen molar-refractivity contribution in [3.05, 3.63) is 58.1 Å². The summed E-state index contributed by atoms with van der Waals surface area (Å²) < 4.78 is 26.1. The highest BCUT2D eigenvalue weighted by Crippen LogP contribution is 2.27. The van der Waals surface area contributed by atoms with Crippen LogP contribution in [0.15, 0.2) is 41.3 Å². The van der Waals surface area contributed by atoms with Crippen LogP contribution in [0.25, 0.3) is 0 Å². The molecule has 0 saturated heterocycles. The number of carbonyl (C=O) groups excluding carboxylic acids is 1. The molecule has 134 valence electrons. The second kappa shape index (κ2) is 7.56. The molecular formula is C18H21ClN2O3S. The van der Waals surface area contributed by atoms with Crippen LogP contribution in [0.5, 0.6) is 0 Å². The largest absolute Gasteiger partial charge is 0.323 e. The Morgan fingerprint density at radius 3 is 2.24 bits per heavy atom. The Kier molecular flexibility index (Phi) is 5.87. The van der Waals surface area contributed by atoms with Crippen LogP contribution in [-0.4, -0.2) is 32.2 Å². The number of nitrogens with zero attached hydrogens (tertiary/aromatic N) is 1. The number of amides is 1. The average molecular weight is 381 g/mol. The molecule has 1 amide bonds. The highest BCUT2D eigenvalue weighted by atomic mass is 35.5. The van der Waals surface area contributed by atoms with E-state index in [4.69, 9.17) is 11.6 Å². The lowest BCUT2D eigenvalue weighted by molar-refractivity contribution is -0.116. The summed E-state index contributed by atoms with van der Waals surface area (Å²) >= 11 is 6.17. The Labute approximate surface area is 153 Å². The first kappa shape index (κ1) is 19.4. The van der Waals surface area contributed by atoms with Crippen LogP contribution in [-0.2, 0) is 14.8 Å². The third-order valence-electron chi connectivity index (χ3n) is 3.79. The van der Waals surface area contributed by atoms with E-state index in [-0.39, 0.29) is 11.4 Å². The molecule has 0 aliphatic heterocycles. The Bertz CT molecular complexity index is 870. The van der Waals surface area contributed by atoms with Crippen molar-refractivity contribution in [2.45, 2.75) is 25.7 Å². The number of halogens is 1. The van der Waals surface area contributed by atoms with Crippen molar-refractivity contribution in [3.63, 3.8) is 0 Å². The zero-order chi connectivity index (χ0) is 18.8.